The highest BCUT2D eigenvalue weighted by Gasteiger charge is 2.02. The predicted molar refractivity (Wildman–Crippen MR) is 49.2 cm³/mol. The van der Waals surface area contributed by atoms with Gasteiger partial charge in [-0.3, -0.25) is 4.98 Å². The Morgan fingerprint density at radius 1 is 1.64 bits per heavy atom. The van der Waals surface area contributed by atoms with Crippen LogP contribution >= 0.6 is 15.9 Å². The standard InChI is InChI=1S/C8H11BrN2/c1-2-8(10)6-3-7(9)5-11-4-6/h3-5,8H,2,10H2,1H3/t8-/m1/s1. The highest BCUT2D eigenvalue weighted by Crippen LogP contribution is 2.16. The molecule has 1 heterocycles. The van der Waals surface area contributed by atoms with Gasteiger partial charge in [-0.25, -0.2) is 0 Å². The van der Waals surface area contributed by atoms with Crippen molar-refractivity contribution in [2.24, 2.45) is 5.73 Å². The van der Waals surface area contributed by atoms with Crippen LogP contribution in [0.1, 0.15) is 24.9 Å². The maximum Gasteiger partial charge on any atom is 0.0410 e. The molecular formula is C8H11BrN2. The van der Waals surface area contributed by atoms with Crippen LogP contribution in [0.5, 0.6) is 0 Å². The summed E-state index contributed by atoms with van der Waals surface area (Å²) in [6.07, 6.45) is 4.50. The molecule has 0 aliphatic heterocycles. The summed E-state index contributed by atoms with van der Waals surface area (Å²) in [4.78, 5) is 4.03. The fourth-order valence-corrected chi connectivity index (χ4v) is 1.25. The lowest BCUT2D eigenvalue weighted by molar-refractivity contribution is 0.694. The van der Waals surface area contributed by atoms with Gasteiger partial charge in [0.25, 0.3) is 0 Å². The van der Waals surface area contributed by atoms with Crippen molar-refractivity contribution in [3.63, 3.8) is 0 Å². The molecule has 2 N–H and O–H groups in total. The Labute approximate surface area is 75.0 Å². The minimum atomic E-state index is 0.111. The molecule has 2 nitrogen and oxygen atoms in total. The summed E-state index contributed by atoms with van der Waals surface area (Å²) in [6, 6.07) is 2.11. The van der Waals surface area contributed by atoms with Gasteiger partial charge >= 0.3 is 0 Å². The van der Waals surface area contributed by atoms with Crippen LogP contribution in [0.3, 0.4) is 0 Å². The van der Waals surface area contributed by atoms with E-state index in [4.69, 9.17) is 5.73 Å². The molecular weight excluding hydrogens is 204 g/mol. The summed E-state index contributed by atoms with van der Waals surface area (Å²) in [5, 5.41) is 0. The zero-order valence-electron chi connectivity index (χ0n) is 6.42. The van der Waals surface area contributed by atoms with Crippen LogP contribution in [0.2, 0.25) is 0 Å². The molecule has 1 aromatic heterocycles. The Morgan fingerprint density at radius 3 is 2.91 bits per heavy atom. The molecule has 0 aromatic carbocycles. The molecule has 0 radical (unpaired) electrons. The second kappa shape index (κ2) is 3.83. The molecule has 3 heteroatoms. The molecule has 0 saturated heterocycles. The molecule has 0 fully saturated rings. The van der Waals surface area contributed by atoms with Crippen LogP contribution in [0.15, 0.2) is 22.9 Å². The Bertz CT molecular complexity index is 237. The van der Waals surface area contributed by atoms with E-state index >= 15 is 0 Å². The Hall–Kier alpha value is -0.410. The van der Waals surface area contributed by atoms with Crippen molar-refractivity contribution in [2.45, 2.75) is 19.4 Å². The molecule has 0 aliphatic carbocycles. The van der Waals surface area contributed by atoms with E-state index < -0.39 is 0 Å². The van der Waals surface area contributed by atoms with Gasteiger partial charge in [0.2, 0.25) is 0 Å². The first-order chi connectivity index (χ1) is 5.24. The Morgan fingerprint density at radius 2 is 2.36 bits per heavy atom. The first-order valence-corrected chi connectivity index (χ1v) is 4.39. The number of nitrogens with two attached hydrogens (primary N) is 1. The summed E-state index contributed by atoms with van der Waals surface area (Å²) in [5.41, 5.74) is 6.89. The van der Waals surface area contributed by atoms with Gasteiger partial charge in [0.05, 0.1) is 0 Å². The number of rotatable bonds is 2. The van der Waals surface area contributed by atoms with Crippen molar-refractivity contribution < 1.29 is 0 Å². The molecule has 11 heavy (non-hydrogen) atoms. The third kappa shape index (κ3) is 2.27. The zero-order chi connectivity index (χ0) is 8.27. The molecule has 1 atom stereocenters. The van der Waals surface area contributed by atoms with Crippen LogP contribution in [0.4, 0.5) is 0 Å². The SMILES string of the molecule is CC[C@@H](N)c1cncc(Br)c1. The van der Waals surface area contributed by atoms with E-state index in [2.05, 4.69) is 27.8 Å². The third-order valence-corrected chi connectivity index (χ3v) is 2.03. The quantitative estimate of drug-likeness (QED) is 0.821. The number of aromatic nitrogens is 1. The molecule has 0 aliphatic rings. The monoisotopic (exact) mass is 214 g/mol. The molecule has 0 bridgehead atoms. The third-order valence-electron chi connectivity index (χ3n) is 1.59. The van der Waals surface area contributed by atoms with Gasteiger partial charge < -0.3 is 5.73 Å². The average molecular weight is 215 g/mol. The predicted octanol–water partition coefficient (Wildman–Crippen LogP) is 2.25. The highest BCUT2D eigenvalue weighted by molar-refractivity contribution is 9.10. The maximum absolute atomic E-state index is 5.80. The molecule has 0 amide bonds. The van der Waals surface area contributed by atoms with Crippen LogP contribution in [0.25, 0.3) is 0 Å². The fraction of sp³-hybridized carbons (Fsp3) is 0.375. The summed E-state index contributed by atoms with van der Waals surface area (Å²) in [6.45, 7) is 2.06. The van der Waals surface area contributed by atoms with Crippen LogP contribution < -0.4 is 5.73 Å². The van der Waals surface area contributed by atoms with Gasteiger partial charge in [-0.15, -0.1) is 0 Å². The van der Waals surface area contributed by atoms with E-state index in [9.17, 15) is 0 Å². The van der Waals surface area contributed by atoms with E-state index in [-0.39, 0.29) is 6.04 Å². The van der Waals surface area contributed by atoms with Gasteiger partial charge in [0.1, 0.15) is 0 Å². The number of pyridine rings is 1. The number of hydrogen-bond donors (Lipinski definition) is 1. The number of hydrogen-bond acceptors (Lipinski definition) is 2. The lowest BCUT2D eigenvalue weighted by Crippen LogP contribution is -2.08. The van der Waals surface area contributed by atoms with Crippen molar-refractivity contribution >= 4 is 15.9 Å². The second-order valence-electron chi connectivity index (χ2n) is 2.45. The molecule has 0 spiro atoms. The average Bonchev–Trinajstić information content (AvgIpc) is 2.03. The summed E-state index contributed by atoms with van der Waals surface area (Å²) < 4.78 is 0.985. The van der Waals surface area contributed by atoms with Gasteiger partial charge in [-0.1, -0.05) is 6.92 Å². The van der Waals surface area contributed by atoms with Gasteiger partial charge in [0.15, 0.2) is 0 Å². The zero-order valence-corrected chi connectivity index (χ0v) is 8.01. The van der Waals surface area contributed by atoms with E-state index in [1.54, 1.807) is 12.4 Å². The van der Waals surface area contributed by atoms with Gasteiger partial charge in [-0.05, 0) is 34.0 Å². The normalized spacial score (nSPS) is 13.0. The largest absolute Gasteiger partial charge is 0.324 e. The number of nitrogens with zero attached hydrogens (tertiary/aromatic N) is 1. The van der Waals surface area contributed by atoms with Gasteiger partial charge in [-0.2, -0.15) is 0 Å². The van der Waals surface area contributed by atoms with Gasteiger partial charge in [0, 0.05) is 22.9 Å². The Kier molecular flexibility index (Phi) is 3.02. The van der Waals surface area contributed by atoms with Crippen molar-refractivity contribution in [1.82, 2.24) is 4.98 Å². The minimum Gasteiger partial charge on any atom is -0.324 e. The first kappa shape index (κ1) is 8.68. The minimum absolute atomic E-state index is 0.111. The van der Waals surface area contributed by atoms with Crippen LogP contribution in [-0.2, 0) is 0 Å². The molecule has 1 aromatic rings. The van der Waals surface area contributed by atoms with Crippen LogP contribution in [0, 0.1) is 0 Å². The summed E-state index contributed by atoms with van der Waals surface area (Å²) in [7, 11) is 0. The van der Waals surface area contributed by atoms with Crippen LogP contribution in [-0.4, -0.2) is 4.98 Å². The maximum atomic E-state index is 5.80. The van der Waals surface area contributed by atoms with E-state index in [1.807, 2.05) is 6.07 Å². The molecule has 60 valence electrons. The number of halogens is 1. The molecule has 0 saturated carbocycles. The van der Waals surface area contributed by atoms with E-state index in [1.165, 1.54) is 0 Å². The summed E-state index contributed by atoms with van der Waals surface area (Å²) >= 11 is 3.34. The topological polar surface area (TPSA) is 38.9 Å². The fourth-order valence-electron chi connectivity index (χ4n) is 0.867. The highest BCUT2D eigenvalue weighted by atomic mass is 79.9. The lowest BCUT2D eigenvalue weighted by Gasteiger charge is -2.07. The van der Waals surface area contributed by atoms with Crippen molar-refractivity contribution in [1.29, 1.82) is 0 Å². The van der Waals surface area contributed by atoms with E-state index in [0.29, 0.717) is 0 Å². The molecule has 0 unspecified atom stereocenters. The Balaban J connectivity index is 2.86. The lowest BCUT2D eigenvalue weighted by atomic mass is 10.1. The van der Waals surface area contributed by atoms with Crippen molar-refractivity contribution in [3.05, 3.63) is 28.5 Å². The second-order valence-corrected chi connectivity index (χ2v) is 3.37. The van der Waals surface area contributed by atoms with Crippen molar-refractivity contribution in [2.75, 3.05) is 0 Å². The van der Waals surface area contributed by atoms with Crippen molar-refractivity contribution in [3.8, 4) is 0 Å². The summed E-state index contributed by atoms with van der Waals surface area (Å²) in [5.74, 6) is 0. The first-order valence-electron chi connectivity index (χ1n) is 3.60. The molecule has 1 rings (SSSR count). The van der Waals surface area contributed by atoms with E-state index in [0.717, 1.165) is 16.5 Å². The smallest absolute Gasteiger partial charge is 0.0410 e.